The summed E-state index contributed by atoms with van der Waals surface area (Å²) >= 11 is 18.1. The molecule has 0 saturated carbocycles. The lowest BCUT2D eigenvalue weighted by Crippen LogP contribution is -2.40. The van der Waals surface area contributed by atoms with Gasteiger partial charge in [0.25, 0.3) is 5.91 Å². The first kappa shape index (κ1) is 30.6. The Morgan fingerprint density at radius 1 is 0.944 bits per heavy atom. The molecule has 36 heavy (non-hydrogen) atoms. The lowest BCUT2D eigenvalue weighted by Gasteiger charge is -2.25. The van der Waals surface area contributed by atoms with Crippen molar-refractivity contribution in [3.05, 3.63) is 62.6 Å². The molecule has 4 N–H and O–H groups in total. The van der Waals surface area contributed by atoms with Crippen molar-refractivity contribution in [3.63, 3.8) is 0 Å². The van der Waals surface area contributed by atoms with Crippen molar-refractivity contribution in [2.45, 2.75) is 12.8 Å². The Kier molecular flexibility index (Phi) is 13.8. The topological polar surface area (TPSA) is 89.1 Å². The van der Waals surface area contributed by atoms with Crippen LogP contribution < -0.4 is 20.7 Å². The van der Waals surface area contributed by atoms with Crippen molar-refractivity contribution in [1.29, 1.82) is 0 Å². The van der Waals surface area contributed by atoms with Crippen molar-refractivity contribution in [3.8, 4) is 5.75 Å². The van der Waals surface area contributed by atoms with Crippen molar-refractivity contribution in [2.24, 2.45) is 0 Å². The monoisotopic (exact) mass is 559 g/mol. The standard InChI is InChI=1S/C25H36Cl3N5O3/c1-32(2)12-13-33(3)24(34)17-36-23-15-19(26)5-6-20(23)25(35)31-11-10-29-8-9-30-16-18-4-7-21(27)22(28)14-18/h4-7,14-15,24,29-30,34H,8-13,16-17H2,1-3H3,(H,31,35). The first-order chi connectivity index (χ1) is 17.2. The van der Waals surface area contributed by atoms with Crippen LogP contribution in [0, 0.1) is 0 Å². The molecule has 1 atom stereocenters. The minimum absolute atomic E-state index is 0.0152. The van der Waals surface area contributed by atoms with Crippen LogP contribution >= 0.6 is 34.8 Å². The number of carbonyl (C=O) groups is 1. The molecule has 0 bridgehead atoms. The second-order valence-corrected chi connectivity index (χ2v) is 9.90. The van der Waals surface area contributed by atoms with Gasteiger partial charge in [-0.3, -0.25) is 9.69 Å². The van der Waals surface area contributed by atoms with Gasteiger partial charge in [-0.05, 0) is 57.0 Å². The van der Waals surface area contributed by atoms with Gasteiger partial charge >= 0.3 is 0 Å². The summed E-state index contributed by atoms with van der Waals surface area (Å²) in [5.41, 5.74) is 1.43. The van der Waals surface area contributed by atoms with Gasteiger partial charge in [0.05, 0.1) is 15.6 Å². The molecule has 0 spiro atoms. The first-order valence-electron chi connectivity index (χ1n) is 11.8. The fourth-order valence-electron chi connectivity index (χ4n) is 3.15. The summed E-state index contributed by atoms with van der Waals surface area (Å²) in [6, 6.07) is 10.4. The number of ether oxygens (including phenoxy) is 1. The van der Waals surface area contributed by atoms with Gasteiger partial charge in [0.2, 0.25) is 0 Å². The molecule has 200 valence electrons. The van der Waals surface area contributed by atoms with Crippen LogP contribution in [0.25, 0.3) is 0 Å². The molecule has 8 nitrogen and oxygen atoms in total. The Balaban J connectivity index is 1.70. The van der Waals surface area contributed by atoms with Crippen molar-refractivity contribution < 1.29 is 14.6 Å². The molecule has 0 saturated heterocycles. The average Bonchev–Trinajstić information content (AvgIpc) is 2.84. The third kappa shape index (κ3) is 11.2. The Hall–Kier alpha value is -1.62. The number of carbonyl (C=O) groups excluding carboxylic acids is 1. The van der Waals surface area contributed by atoms with Crippen LogP contribution in [0.3, 0.4) is 0 Å². The minimum atomic E-state index is -0.811. The van der Waals surface area contributed by atoms with Crippen LogP contribution in [-0.2, 0) is 6.54 Å². The quantitative estimate of drug-likeness (QED) is 0.185. The number of aliphatic hydroxyl groups excluding tert-OH is 1. The summed E-state index contributed by atoms with van der Waals surface area (Å²) in [6.07, 6.45) is -0.811. The third-order valence-corrected chi connectivity index (χ3v) is 6.34. The Morgan fingerprint density at radius 3 is 2.39 bits per heavy atom. The lowest BCUT2D eigenvalue weighted by molar-refractivity contribution is -0.0149. The van der Waals surface area contributed by atoms with Gasteiger partial charge in [-0.2, -0.15) is 0 Å². The number of hydrogen-bond acceptors (Lipinski definition) is 7. The number of nitrogens with one attached hydrogen (secondary N) is 3. The molecule has 0 aliphatic rings. The summed E-state index contributed by atoms with van der Waals surface area (Å²) in [5, 5.41) is 21.4. The number of halogens is 3. The molecule has 0 heterocycles. The Labute approximate surface area is 228 Å². The van der Waals surface area contributed by atoms with E-state index in [-0.39, 0.29) is 12.5 Å². The number of aliphatic hydroxyl groups is 1. The van der Waals surface area contributed by atoms with Gasteiger partial charge in [-0.15, -0.1) is 0 Å². The highest BCUT2D eigenvalue weighted by Crippen LogP contribution is 2.24. The molecule has 0 aromatic heterocycles. The molecule has 0 aliphatic heterocycles. The number of hydrogen-bond donors (Lipinski definition) is 4. The van der Waals surface area contributed by atoms with E-state index in [9.17, 15) is 9.90 Å². The summed E-state index contributed by atoms with van der Waals surface area (Å²) < 4.78 is 5.76. The lowest BCUT2D eigenvalue weighted by atomic mass is 10.2. The number of rotatable bonds is 16. The summed E-state index contributed by atoms with van der Waals surface area (Å²) in [6.45, 7) is 4.75. The van der Waals surface area contributed by atoms with Crippen LogP contribution in [0.1, 0.15) is 15.9 Å². The smallest absolute Gasteiger partial charge is 0.255 e. The molecule has 2 rings (SSSR count). The first-order valence-corrected chi connectivity index (χ1v) is 12.9. The average molecular weight is 561 g/mol. The molecule has 2 aromatic carbocycles. The zero-order chi connectivity index (χ0) is 26.5. The predicted octanol–water partition coefficient (Wildman–Crippen LogP) is 2.95. The van der Waals surface area contributed by atoms with Gasteiger partial charge in [-0.25, -0.2) is 0 Å². The number of likely N-dealkylation sites (N-methyl/N-ethyl adjacent to an activating group) is 2. The fraction of sp³-hybridized carbons (Fsp3) is 0.480. The SMILES string of the molecule is CN(C)CCN(C)C(O)COc1cc(Cl)ccc1C(=O)NCCNCCNCc1ccc(Cl)c(Cl)c1. The summed E-state index contributed by atoms with van der Waals surface area (Å²) in [4.78, 5) is 16.5. The second kappa shape index (κ2) is 16.3. The molecular formula is C25H36Cl3N5O3. The Bertz CT molecular complexity index is 965. The van der Waals surface area contributed by atoms with E-state index in [2.05, 4.69) is 16.0 Å². The predicted molar refractivity (Wildman–Crippen MR) is 148 cm³/mol. The molecule has 0 aliphatic carbocycles. The fourth-order valence-corrected chi connectivity index (χ4v) is 3.63. The number of benzene rings is 2. The molecule has 0 fully saturated rings. The molecule has 2 aromatic rings. The van der Waals surface area contributed by atoms with E-state index < -0.39 is 6.23 Å². The largest absolute Gasteiger partial charge is 0.489 e. The minimum Gasteiger partial charge on any atom is -0.489 e. The van der Waals surface area contributed by atoms with E-state index in [0.29, 0.717) is 52.6 Å². The Morgan fingerprint density at radius 2 is 1.67 bits per heavy atom. The maximum absolute atomic E-state index is 12.7. The summed E-state index contributed by atoms with van der Waals surface area (Å²) in [5.74, 6) is 0.0659. The van der Waals surface area contributed by atoms with Crippen LogP contribution in [0.15, 0.2) is 36.4 Å². The summed E-state index contributed by atoms with van der Waals surface area (Å²) in [7, 11) is 5.76. The van der Waals surface area contributed by atoms with Gasteiger partial charge in [0, 0.05) is 50.8 Å². The molecule has 0 radical (unpaired) electrons. The van der Waals surface area contributed by atoms with E-state index in [1.807, 2.05) is 38.2 Å². The normalized spacial score (nSPS) is 12.2. The van der Waals surface area contributed by atoms with Crippen LogP contribution in [0.4, 0.5) is 0 Å². The molecule has 1 amide bonds. The van der Waals surface area contributed by atoms with E-state index in [1.54, 1.807) is 29.2 Å². The maximum atomic E-state index is 12.7. The van der Waals surface area contributed by atoms with E-state index in [1.165, 1.54) is 0 Å². The third-order valence-electron chi connectivity index (χ3n) is 5.36. The molecule has 11 heteroatoms. The van der Waals surface area contributed by atoms with Gasteiger partial charge in [0.15, 0.2) is 0 Å². The van der Waals surface area contributed by atoms with Crippen molar-refractivity contribution in [2.75, 3.05) is 67.0 Å². The van der Waals surface area contributed by atoms with E-state index >= 15 is 0 Å². The highest BCUT2D eigenvalue weighted by molar-refractivity contribution is 6.42. The highest BCUT2D eigenvalue weighted by atomic mass is 35.5. The number of nitrogens with zero attached hydrogens (tertiary/aromatic N) is 2. The van der Waals surface area contributed by atoms with Gasteiger partial charge in [-0.1, -0.05) is 40.9 Å². The van der Waals surface area contributed by atoms with E-state index in [4.69, 9.17) is 39.5 Å². The van der Waals surface area contributed by atoms with Crippen LogP contribution in [0.5, 0.6) is 5.75 Å². The van der Waals surface area contributed by atoms with Crippen LogP contribution in [-0.4, -0.2) is 94.1 Å². The van der Waals surface area contributed by atoms with E-state index in [0.717, 1.165) is 25.2 Å². The molecule has 1 unspecified atom stereocenters. The van der Waals surface area contributed by atoms with Gasteiger partial charge < -0.3 is 30.7 Å². The molecular weight excluding hydrogens is 525 g/mol. The zero-order valence-electron chi connectivity index (χ0n) is 21.0. The highest BCUT2D eigenvalue weighted by Gasteiger charge is 2.16. The zero-order valence-corrected chi connectivity index (χ0v) is 23.3. The maximum Gasteiger partial charge on any atom is 0.255 e. The number of amides is 1. The van der Waals surface area contributed by atoms with Crippen molar-refractivity contribution in [1.82, 2.24) is 25.8 Å². The second-order valence-electron chi connectivity index (χ2n) is 8.65. The van der Waals surface area contributed by atoms with Crippen LogP contribution in [0.2, 0.25) is 15.1 Å². The van der Waals surface area contributed by atoms with Crippen molar-refractivity contribution >= 4 is 40.7 Å². The van der Waals surface area contributed by atoms with Gasteiger partial charge in [0.1, 0.15) is 18.6 Å².